The van der Waals surface area contributed by atoms with Gasteiger partial charge in [-0.1, -0.05) is 13.3 Å². The number of nitrogens with two attached hydrogens (primary N) is 1. The fraction of sp³-hybridized carbons (Fsp3) is 0.538. The van der Waals surface area contributed by atoms with Gasteiger partial charge in [0.05, 0.1) is 5.69 Å². The molecule has 16 heavy (non-hydrogen) atoms. The largest absolute Gasteiger partial charge is 0.399 e. The van der Waals surface area contributed by atoms with Crippen molar-refractivity contribution in [1.82, 2.24) is 0 Å². The van der Waals surface area contributed by atoms with Gasteiger partial charge < -0.3 is 10.6 Å². The first-order chi connectivity index (χ1) is 7.70. The third-order valence-corrected chi connectivity index (χ3v) is 4.04. The minimum atomic E-state index is 0.819. The van der Waals surface area contributed by atoms with Crippen LogP contribution in [0.1, 0.15) is 26.2 Å². The van der Waals surface area contributed by atoms with E-state index < -0.39 is 0 Å². The molecular formula is C13H19BrN2. The highest BCUT2D eigenvalue weighted by Gasteiger charge is 2.19. The molecule has 0 amide bonds. The van der Waals surface area contributed by atoms with E-state index in [1.54, 1.807) is 0 Å². The highest BCUT2D eigenvalue weighted by atomic mass is 79.9. The van der Waals surface area contributed by atoms with E-state index in [9.17, 15) is 0 Å². The standard InChI is InChI=1S/C13H19BrN2/c1-2-10-4-3-7-16(9-10)13-6-5-11(15)8-12(13)14/h5-6,8,10H,2-4,7,9,15H2,1H3. The molecule has 88 valence electrons. The Labute approximate surface area is 106 Å². The number of nitrogens with zero attached hydrogens (tertiary/aromatic N) is 1. The second-order valence-electron chi connectivity index (χ2n) is 4.57. The first-order valence-corrected chi connectivity index (χ1v) is 6.80. The Bertz CT molecular complexity index is 365. The Morgan fingerprint density at radius 1 is 1.50 bits per heavy atom. The average molecular weight is 283 g/mol. The van der Waals surface area contributed by atoms with Gasteiger partial charge in [0.15, 0.2) is 0 Å². The molecule has 1 aromatic rings. The Hall–Kier alpha value is -0.700. The van der Waals surface area contributed by atoms with Gasteiger partial charge in [-0.25, -0.2) is 0 Å². The van der Waals surface area contributed by atoms with Gasteiger partial charge in [-0.3, -0.25) is 0 Å². The first-order valence-electron chi connectivity index (χ1n) is 6.00. The summed E-state index contributed by atoms with van der Waals surface area (Å²) in [5, 5.41) is 0. The minimum absolute atomic E-state index is 0.819. The van der Waals surface area contributed by atoms with E-state index in [1.165, 1.54) is 38.0 Å². The van der Waals surface area contributed by atoms with Crippen LogP contribution >= 0.6 is 15.9 Å². The Morgan fingerprint density at radius 2 is 2.31 bits per heavy atom. The fourth-order valence-corrected chi connectivity index (χ4v) is 3.04. The van der Waals surface area contributed by atoms with E-state index in [4.69, 9.17) is 5.73 Å². The third-order valence-electron chi connectivity index (χ3n) is 3.41. The Morgan fingerprint density at radius 3 is 3.00 bits per heavy atom. The van der Waals surface area contributed by atoms with E-state index in [0.29, 0.717) is 0 Å². The predicted octanol–water partition coefficient (Wildman–Crippen LogP) is 3.66. The zero-order valence-electron chi connectivity index (χ0n) is 9.75. The molecule has 1 atom stereocenters. The molecule has 1 aliphatic rings. The molecule has 1 fully saturated rings. The van der Waals surface area contributed by atoms with Crippen LogP contribution in [0.5, 0.6) is 0 Å². The highest BCUT2D eigenvalue weighted by Crippen LogP contribution is 2.32. The van der Waals surface area contributed by atoms with Crippen LogP contribution in [0, 0.1) is 5.92 Å². The SMILES string of the molecule is CCC1CCCN(c2ccc(N)cc2Br)C1. The molecule has 0 saturated carbocycles. The third kappa shape index (κ3) is 2.51. The number of anilines is 2. The molecule has 1 saturated heterocycles. The summed E-state index contributed by atoms with van der Waals surface area (Å²) in [7, 11) is 0. The lowest BCUT2D eigenvalue weighted by atomic mass is 9.95. The normalized spacial score (nSPS) is 21.1. The number of piperidine rings is 1. The molecule has 2 nitrogen and oxygen atoms in total. The van der Waals surface area contributed by atoms with Crippen molar-refractivity contribution in [2.45, 2.75) is 26.2 Å². The quantitative estimate of drug-likeness (QED) is 0.839. The van der Waals surface area contributed by atoms with Gasteiger partial charge in [0.1, 0.15) is 0 Å². The molecule has 0 aliphatic carbocycles. The van der Waals surface area contributed by atoms with Crippen LogP contribution in [-0.4, -0.2) is 13.1 Å². The zero-order valence-corrected chi connectivity index (χ0v) is 11.3. The summed E-state index contributed by atoms with van der Waals surface area (Å²) in [6, 6.07) is 6.10. The topological polar surface area (TPSA) is 29.3 Å². The van der Waals surface area contributed by atoms with Gasteiger partial charge in [0, 0.05) is 23.2 Å². The molecule has 0 spiro atoms. The van der Waals surface area contributed by atoms with E-state index in [-0.39, 0.29) is 0 Å². The van der Waals surface area contributed by atoms with E-state index in [0.717, 1.165) is 16.1 Å². The summed E-state index contributed by atoms with van der Waals surface area (Å²) in [4.78, 5) is 2.47. The van der Waals surface area contributed by atoms with Crippen LogP contribution in [0.3, 0.4) is 0 Å². The smallest absolute Gasteiger partial charge is 0.0512 e. The van der Waals surface area contributed by atoms with Gasteiger partial charge in [-0.05, 0) is 52.9 Å². The zero-order chi connectivity index (χ0) is 11.5. The van der Waals surface area contributed by atoms with Gasteiger partial charge in [0.25, 0.3) is 0 Å². The predicted molar refractivity (Wildman–Crippen MR) is 73.8 cm³/mol. The summed E-state index contributed by atoms with van der Waals surface area (Å²) in [5.74, 6) is 0.846. The highest BCUT2D eigenvalue weighted by molar-refractivity contribution is 9.10. The molecule has 0 radical (unpaired) electrons. The van der Waals surface area contributed by atoms with Gasteiger partial charge >= 0.3 is 0 Å². The lowest BCUT2D eigenvalue weighted by Crippen LogP contribution is -2.35. The fourth-order valence-electron chi connectivity index (χ4n) is 2.40. The van der Waals surface area contributed by atoms with Crippen molar-refractivity contribution in [3.8, 4) is 0 Å². The first kappa shape index (κ1) is 11.8. The van der Waals surface area contributed by atoms with Crippen LogP contribution in [0.2, 0.25) is 0 Å². The van der Waals surface area contributed by atoms with Gasteiger partial charge in [-0.15, -0.1) is 0 Å². The molecule has 1 unspecified atom stereocenters. The maximum absolute atomic E-state index is 5.76. The molecule has 2 rings (SSSR count). The number of hydrogen-bond acceptors (Lipinski definition) is 2. The van der Waals surface area contributed by atoms with Crippen molar-refractivity contribution in [2.75, 3.05) is 23.7 Å². The molecule has 0 bridgehead atoms. The number of nitrogen functional groups attached to an aromatic ring is 1. The van der Waals surface area contributed by atoms with Crippen LogP contribution in [0.15, 0.2) is 22.7 Å². The van der Waals surface area contributed by atoms with Crippen LogP contribution in [-0.2, 0) is 0 Å². The number of benzene rings is 1. The Kier molecular flexibility index (Phi) is 3.74. The van der Waals surface area contributed by atoms with E-state index in [1.807, 2.05) is 12.1 Å². The van der Waals surface area contributed by atoms with E-state index in [2.05, 4.69) is 33.8 Å². The van der Waals surface area contributed by atoms with Crippen molar-refractivity contribution in [2.24, 2.45) is 5.92 Å². The monoisotopic (exact) mass is 282 g/mol. The van der Waals surface area contributed by atoms with Crippen molar-refractivity contribution < 1.29 is 0 Å². The molecule has 2 N–H and O–H groups in total. The second-order valence-corrected chi connectivity index (χ2v) is 5.43. The minimum Gasteiger partial charge on any atom is -0.399 e. The molecular weight excluding hydrogens is 264 g/mol. The number of hydrogen-bond donors (Lipinski definition) is 1. The average Bonchev–Trinajstić information content (AvgIpc) is 2.29. The van der Waals surface area contributed by atoms with Crippen molar-refractivity contribution >= 4 is 27.3 Å². The van der Waals surface area contributed by atoms with Crippen LogP contribution in [0.4, 0.5) is 11.4 Å². The van der Waals surface area contributed by atoms with Crippen molar-refractivity contribution in [1.29, 1.82) is 0 Å². The summed E-state index contributed by atoms with van der Waals surface area (Å²) in [6.07, 6.45) is 3.96. The molecule has 0 aromatic heterocycles. The molecule has 1 aliphatic heterocycles. The maximum atomic E-state index is 5.76. The molecule has 3 heteroatoms. The molecule has 1 heterocycles. The van der Waals surface area contributed by atoms with Crippen LogP contribution < -0.4 is 10.6 Å². The maximum Gasteiger partial charge on any atom is 0.0512 e. The summed E-state index contributed by atoms with van der Waals surface area (Å²) < 4.78 is 1.12. The van der Waals surface area contributed by atoms with E-state index >= 15 is 0 Å². The van der Waals surface area contributed by atoms with Gasteiger partial charge in [0.2, 0.25) is 0 Å². The molecule has 1 aromatic carbocycles. The Balaban J connectivity index is 2.16. The number of rotatable bonds is 2. The summed E-state index contributed by atoms with van der Waals surface area (Å²) in [6.45, 7) is 4.63. The van der Waals surface area contributed by atoms with Crippen LogP contribution in [0.25, 0.3) is 0 Å². The van der Waals surface area contributed by atoms with Crippen molar-refractivity contribution in [3.63, 3.8) is 0 Å². The van der Waals surface area contributed by atoms with Gasteiger partial charge in [-0.2, -0.15) is 0 Å². The lowest BCUT2D eigenvalue weighted by molar-refractivity contribution is 0.404. The summed E-state index contributed by atoms with van der Waals surface area (Å²) in [5.41, 5.74) is 7.87. The van der Waals surface area contributed by atoms with Crippen molar-refractivity contribution in [3.05, 3.63) is 22.7 Å². The second kappa shape index (κ2) is 5.09. The lowest BCUT2D eigenvalue weighted by Gasteiger charge is -2.34. The number of halogens is 1. The summed E-state index contributed by atoms with van der Waals surface area (Å²) >= 11 is 3.60.